The third kappa shape index (κ3) is 10.2. The molecule has 0 aromatic heterocycles. The zero-order chi connectivity index (χ0) is 35.0. The minimum absolute atomic E-state index is 0.224. The Labute approximate surface area is 281 Å². The van der Waals surface area contributed by atoms with Crippen LogP contribution in [-0.2, 0) is 34.7 Å². The Hall–Kier alpha value is -3.54. The van der Waals surface area contributed by atoms with E-state index in [2.05, 4.69) is 16.0 Å². The Morgan fingerprint density at radius 3 is 2.08 bits per heavy atom. The van der Waals surface area contributed by atoms with Crippen LogP contribution in [0.5, 0.6) is 0 Å². The fraction of sp³-hybridized carbons (Fsp3) is 0.618. The standard InChI is InChI=1S/C34H49N4O9P/c35-28(39)20-27-31(43)36-22-33(14-4-1-5-15-33)16-8-3-9-25(24-12-10-23(11-13-24)21-48(45,46)47)26(19-29(40)41)30(42)38-34(32(44)37-27)17-6-2-7-18-34/h3,9-13,25-27H,1-2,4-8,14-22H2,(H2,35,39)(H,36,43)(H,37,44)(H,38,42)(H,40,41)(H2,45,46,47)/b9-3+/t25-,26+,27?/m1/s1. The second kappa shape index (κ2) is 16.2. The molecule has 2 spiro atoms. The van der Waals surface area contributed by atoms with Gasteiger partial charge in [0.05, 0.1) is 24.9 Å². The highest BCUT2D eigenvalue weighted by molar-refractivity contribution is 7.50. The molecule has 1 aromatic carbocycles. The third-order valence-electron chi connectivity index (χ3n) is 10.2. The minimum atomic E-state index is -4.33. The van der Waals surface area contributed by atoms with E-state index in [4.69, 9.17) is 5.73 Å². The van der Waals surface area contributed by atoms with Crippen LogP contribution in [0.3, 0.4) is 0 Å². The third-order valence-corrected chi connectivity index (χ3v) is 11.0. The van der Waals surface area contributed by atoms with Gasteiger partial charge in [-0.05, 0) is 55.1 Å². The first kappa shape index (κ1) is 37.3. The van der Waals surface area contributed by atoms with Crippen molar-refractivity contribution in [3.05, 3.63) is 47.5 Å². The van der Waals surface area contributed by atoms with E-state index in [-0.39, 0.29) is 18.3 Å². The summed E-state index contributed by atoms with van der Waals surface area (Å²) in [6, 6.07) is 5.18. The monoisotopic (exact) mass is 688 g/mol. The van der Waals surface area contributed by atoms with Gasteiger partial charge in [-0.3, -0.25) is 28.5 Å². The summed E-state index contributed by atoms with van der Waals surface area (Å²) in [6.07, 6.45) is 11.0. The lowest BCUT2D eigenvalue weighted by atomic mass is 9.71. The highest BCUT2D eigenvalue weighted by Crippen LogP contribution is 2.42. The van der Waals surface area contributed by atoms with Crippen LogP contribution in [0.15, 0.2) is 36.4 Å². The van der Waals surface area contributed by atoms with Crippen molar-refractivity contribution in [2.75, 3.05) is 6.54 Å². The number of nitrogens with one attached hydrogen (secondary N) is 3. The molecular weight excluding hydrogens is 639 g/mol. The number of carbonyl (C=O) groups excluding carboxylic acids is 4. The molecule has 3 aliphatic rings. The molecule has 1 unspecified atom stereocenters. The molecule has 0 saturated heterocycles. The highest BCUT2D eigenvalue weighted by atomic mass is 31.2. The lowest BCUT2D eigenvalue weighted by molar-refractivity contribution is -0.143. The average Bonchev–Trinajstić information content (AvgIpc) is 3.02. The number of carboxylic acids is 1. The zero-order valence-electron chi connectivity index (χ0n) is 27.3. The summed E-state index contributed by atoms with van der Waals surface area (Å²) in [5, 5.41) is 18.6. The predicted molar refractivity (Wildman–Crippen MR) is 177 cm³/mol. The van der Waals surface area contributed by atoms with Gasteiger partial charge < -0.3 is 36.6 Å². The van der Waals surface area contributed by atoms with Crippen LogP contribution in [0.2, 0.25) is 0 Å². The van der Waals surface area contributed by atoms with Gasteiger partial charge in [0, 0.05) is 12.5 Å². The Morgan fingerprint density at radius 2 is 1.50 bits per heavy atom. The number of aliphatic carboxylic acids is 1. The first-order chi connectivity index (χ1) is 22.7. The van der Waals surface area contributed by atoms with Gasteiger partial charge in [-0.1, -0.05) is 74.9 Å². The van der Waals surface area contributed by atoms with Gasteiger partial charge in [-0.25, -0.2) is 0 Å². The molecule has 0 radical (unpaired) electrons. The normalized spacial score (nSPS) is 26.2. The van der Waals surface area contributed by atoms with Gasteiger partial charge in [0.15, 0.2) is 0 Å². The fourth-order valence-electron chi connectivity index (χ4n) is 7.58. The Balaban J connectivity index is 1.78. The Morgan fingerprint density at radius 1 is 0.875 bits per heavy atom. The number of primary amides is 1. The van der Waals surface area contributed by atoms with Crippen molar-refractivity contribution in [2.24, 2.45) is 17.1 Å². The quantitative estimate of drug-likeness (QED) is 0.165. The van der Waals surface area contributed by atoms with E-state index < -0.39 is 79.6 Å². The van der Waals surface area contributed by atoms with Crippen LogP contribution in [0.4, 0.5) is 0 Å². The molecule has 1 aromatic rings. The van der Waals surface area contributed by atoms with E-state index in [0.29, 0.717) is 43.4 Å². The van der Waals surface area contributed by atoms with E-state index >= 15 is 0 Å². The van der Waals surface area contributed by atoms with Crippen LogP contribution in [0.1, 0.15) is 107 Å². The number of rotatable bonds is 7. The maximum Gasteiger partial charge on any atom is 0.329 e. The predicted octanol–water partition coefficient (Wildman–Crippen LogP) is 3.13. The fourth-order valence-corrected chi connectivity index (χ4v) is 8.26. The second-order valence-electron chi connectivity index (χ2n) is 13.9. The Kier molecular flexibility index (Phi) is 12.6. The van der Waals surface area contributed by atoms with E-state index in [1.54, 1.807) is 24.3 Å². The summed E-state index contributed by atoms with van der Waals surface area (Å²) >= 11 is 0. The largest absolute Gasteiger partial charge is 0.481 e. The number of hydrogen-bond donors (Lipinski definition) is 7. The molecule has 0 bridgehead atoms. The van der Waals surface area contributed by atoms with Gasteiger partial charge in [0.1, 0.15) is 11.6 Å². The molecule has 2 aliphatic carbocycles. The second-order valence-corrected chi connectivity index (χ2v) is 15.5. The lowest BCUT2D eigenvalue weighted by Crippen LogP contribution is -2.64. The zero-order valence-corrected chi connectivity index (χ0v) is 28.2. The van der Waals surface area contributed by atoms with Gasteiger partial charge in [0.2, 0.25) is 23.6 Å². The maximum absolute atomic E-state index is 14.2. The van der Waals surface area contributed by atoms with Crippen LogP contribution < -0.4 is 21.7 Å². The first-order valence-electron chi connectivity index (χ1n) is 16.9. The van der Waals surface area contributed by atoms with Gasteiger partial charge >= 0.3 is 13.6 Å². The summed E-state index contributed by atoms with van der Waals surface area (Å²) in [4.78, 5) is 84.9. The van der Waals surface area contributed by atoms with Crippen LogP contribution in [0, 0.1) is 11.3 Å². The number of amides is 4. The smallest absolute Gasteiger partial charge is 0.329 e. The molecule has 14 heteroatoms. The number of carboxylic acid groups (broad SMARTS) is 1. The Bertz CT molecular complexity index is 1410. The number of hydrogen-bond acceptors (Lipinski definition) is 6. The minimum Gasteiger partial charge on any atom is -0.481 e. The first-order valence-corrected chi connectivity index (χ1v) is 18.7. The topological polar surface area (TPSA) is 225 Å². The highest BCUT2D eigenvalue weighted by Gasteiger charge is 2.45. The van der Waals surface area contributed by atoms with Gasteiger partial charge in [-0.2, -0.15) is 0 Å². The lowest BCUT2D eigenvalue weighted by Gasteiger charge is -2.40. The molecule has 8 N–H and O–H groups in total. The molecule has 2 saturated carbocycles. The van der Waals surface area contributed by atoms with Crippen LogP contribution in [-0.4, -0.2) is 62.6 Å². The molecular formula is C34H49N4O9P. The molecule has 2 fully saturated rings. The molecule has 4 amide bonds. The van der Waals surface area contributed by atoms with Crippen molar-refractivity contribution in [3.63, 3.8) is 0 Å². The van der Waals surface area contributed by atoms with Crippen LogP contribution >= 0.6 is 7.60 Å². The summed E-state index contributed by atoms with van der Waals surface area (Å²) in [7, 11) is -4.33. The van der Waals surface area contributed by atoms with Gasteiger partial charge in [0.25, 0.3) is 0 Å². The van der Waals surface area contributed by atoms with Gasteiger partial charge in [-0.15, -0.1) is 0 Å². The number of carbonyl (C=O) groups is 5. The molecule has 13 nitrogen and oxygen atoms in total. The SMILES string of the molecule is NC(=O)CC1NC(=O)C2(CCCCC2)NC(=O)[C@@H](CC(=O)O)[C@@H](c2ccc(CP(=O)(O)O)cc2)/C=C/CCC2(CCCCC2)CNC1=O. The molecule has 1 heterocycles. The van der Waals surface area contributed by atoms with Crippen LogP contribution in [0.25, 0.3) is 0 Å². The average molecular weight is 689 g/mol. The van der Waals surface area contributed by atoms with E-state index in [9.17, 15) is 43.4 Å². The molecule has 4 rings (SSSR count). The van der Waals surface area contributed by atoms with Crippen molar-refractivity contribution in [2.45, 2.75) is 114 Å². The van der Waals surface area contributed by atoms with Crippen molar-refractivity contribution in [1.29, 1.82) is 0 Å². The van der Waals surface area contributed by atoms with E-state index in [1.807, 2.05) is 12.2 Å². The molecule has 264 valence electrons. The summed E-state index contributed by atoms with van der Waals surface area (Å²) < 4.78 is 11.6. The van der Waals surface area contributed by atoms with E-state index in [0.717, 1.165) is 38.5 Å². The molecule has 1 aliphatic heterocycles. The number of allylic oxidation sites excluding steroid dienone is 2. The molecule has 3 atom stereocenters. The summed E-state index contributed by atoms with van der Waals surface area (Å²) in [6.45, 7) is 0.360. The van der Waals surface area contributed by atoms with E-state index in [1.165, 1.54) is 0 Å². The molecule has 48 heavy (non-hydrogen) atoms. The number of nitrogens with two attached hydrogens (primary N) is 1. The summed E-state index contributed by atoms with van der Waals surface area (Å²) in [5.41, 5.74) is 4.81. The van der Waals surface area contributed by atoms with Crippen molar-refractivity contribution < 1.29 is 43.4 Å². The maximum atomic E-state index is 14.2. The van der Waals surface area contributed by atoms with Crippen molar-refractivity contribution in [1.82, 2.24) is 16.0 Å². The van der Waals surface area contributed by atoms with Crippen molar-refractivity contribution >= 4 is 37.2 Å². The summed E-state index contributed by atoms with van der Waals surface area (Å²) in [5.74, 6) is -5.62. The van der Waals surface area contributed by atoms with Crippen molar-refractivity contribution in [3.8, 4) is 0 Å². The number of benzene rings is 1.